The molecule has 30 heavy (non-hydrogen) atoms. The van der Waals surface area contributed by atoms with Crippen LogP contribution < -0.4 is 10.4 Å². The molecule has 3 aromatic heterocycles. The zero-order valence-electron chi connectivity index (χ0n) is 15.6. The van der Waals surface area contributed by atoms with E-state index < -0.39 is 5.63 Å². The summed E-state index contributed by atoms with van der Waals surface area (Å²) in [6.07, 6.45) is 3.16. The first-order valence-electron chi connectivity index (χ1n) is 9.00. The van der Waals surface area contributed by atoms with E-state index in [1.807, 2.05) is 13.0 Å². The number of benzene rings is 2. The van der Waals surface area contributed by atoms with Gasteiger partial charge in [0.15, 0.2) is 5.65 Å². The first-order valence-corrected chi connectivity index (χ1v) is 10.1. The van der Waals surface area contributed by atoms with Gasteiger partial charge in [-0.25, -0.2) is 19.2 Å². The third kappa shape index (κ3) is 3.13. The van der Waals surface area contributed by atoms with Crippen LogP contribution in [0.15, 0.2) is 70.3 Å². The number of fused-ring (bicyclic) bond motifs is 2. The lowest BCUT2D eigenvalue weighted by Gasteiger charge is -2.09. The van der Waals surface area contributed by atoms with Crippen LogP contribution in [0.5, 0.6) is 11.6 Å². The first-order chi connectivity index (χ1) is 14.5. The number of halogens is 2. The first kappa shape index (κ1) is 18.7. The lowest BCUT2D eigenvalue weighted by molar-refractivity contribution is 0.466. The molecule has 5 rings (SSSR count). The lowest BCUT2D eigenvalue weighted by Crippen LogP contribution is -1.99. The van der Waals surface area contributed by atoms with E-state index in [1.165, 1.54) is 18.5 Å². The molecule has 0 aliphatic rings. The van der Waals surface area contributed by atoms with Crippen molar-refractivity contribution in [3.8, 4) is 17.3 Å². The van der Waals surface area contributed by atoms with E-state index in [0.717, 1.165) is 14.5 Å². The summed E-state index contributed by atoms with van der Waals surface area (Å²) in [5, 5.41) is 1.49. The molecule has 0 fully saturated rings. The Morgan fingerprint density at radius 3 is 2.80 bits per heavy atom. The maximum absolute atomic E-state index is 14.3. The van der Waals surface area contributed by atoms with E-state index >= 15 is 0 Å². The van der Waals surface area contributed by atoms with Gasteiger partial charge in [-0.15, -0.1) is 0 Å². The molecule has 3 heterocycles. The second-order valence-corrected chi connectivity index (χ2v) is 7.85. The van der Waals surface area contributed by atoms with Crippen molar-refractivity contribution in [2.24, 2.45) is 0 Å². The van der Waals surface area contributed by atoms with Crippen LogP contribution in [0.1, 0.15) is 5.56 Å². The maximum Gasteiger partial charge on any atom is 0.336 e. The fourth-order valence-electron chi connectivity index (χ4n) is 3.38. The minimum atomic E-state index is -0.418. The summed E-state index contributed by atoms with van der Waals surface area (Å²) in [5.74, 6) is 0.436. The molecule has 8 heteroatoms. The largest absolute Gasteiger partial charge is 0.438 e. The molecular weight excluding hydrogens is 500 g/mol. The molecule has 148 valence electrons. The summed E-state index contributed by atoms with van der Waals surface area (Å²) in [5.41, 5.74) is 1.75. The molecular formula is C22H13FIN3O3. The van der Waals surface area contributed by atoms with Crippen LogP contribution >= 0.6 is 22.6 Å². The third-order valence-electron chi connectivity index (χ3n) is 4.75. The summed E-state index contributed by atoms with van der Waals surface area (Å²) in [6, 6.07) is 13.2. The predicted octanol–water partition coefficient (Wildman–Crippen LogP) is 5.37. The fourth-order valence-corrected chi connectivity index (χ4v) is 4.13. The Bertz CT molecular complexity index is 1490. The second kappa shape index (κ2) is 7.21. The Kier molecular flexibility index (Phi) is 4.50. The van der Waals surface area contributed by atoms with Gasteiger partial charge in [0.25, 0.3) is 0 Å². The Balaban J connectivity index is 1.63. The molecule has 0 N–H and O–H groups in total. The van der Waals surface area contributed by atoms with Crippen molar-refractivity contribution < 1.29 is 13.5 Å². The number of aromatic nitrogens is 3. The number of hydrogen-bond acceptors (Lipinski definition) is 5. The normalized spacial score (nSPS) is 11.3. The van der Waals surface area contributed by atoms with Gasteiger partial charge in [-0.1, -0.05) is 12.1 Å². The van der Waals surface area contributed by atoms with Gasteiger partial charge in [0.05, 0.1) is 11.1 Å². The zero-order valence-corrected chi connectivity index (χ0v) is 17.8. The molecule has 5 aromatic rings. The van der Waals surface area contributed by atoms with Crippen molar-refractivity contribution in [1.82, 2.24) is 14.5 Å². The molecule has 0 radical (unpaired) electrons. The number of rotatable bonds is 3. The summed E-state index contributed by atoms with van der Waals surface area (Å²) in [6.45, 7) is 1.85. The number of hydrogen-bond donors (Lipinski definition) is 0. The molecule has 0 amide bonds. The minimum Gasteiger partial charge on any atom is -0.438 e. The molecule has 0 unspecified atom stereocenters. The summed E-state index contributed by atoms with van der Waals surface area (Å²) in [7, 11) is 0. The van der Waals surface area contributed by atoms with Crippen molar-refractivity contribution in [3.63, 3.8) is 0 Å². The average molecular weight is 513 g/mol. The van der Waals surface area contributed by atoms with Gasteiger partial charge in [-0.05, 0) is 59.3 Å². The van der Waals surface area contributed by atoms with Crippen molar-refractivity contribution in [2.45, 2.75) is 6.92 Å². The van der Waals surface area contributed by atoms with Crippen LogP contribution in [0, 0.1) is 16.3 Å². The Labute approximate surface area is 183 Å². The molecule has 0 bridgehead atoms. The van der Waals surface area contributed by atoms with E-state index in [-0.39, 0.29) is 5.82 Å². The predicted molar refractivity (Wildman–Crippen MR) is 119 cm³/mol. The summed E-state index contributed by atoms with van der Waals surface area (Å²) >= 11 is 2.15. The van der Waals surface area contributed by atoms with Gasteiger partial charge in [0, 0.05) is 27.3 Å². The molecule has 6 nitrogen and oxygen atoms in total. The highest BCUT2D eigenvalue weighted by Crippen LogP contribution is 2.34. The Morgan fingerprint density at radius 2 is 1.97 bits per heavy atom. The van der Waals surface area contributed by atoms with Gasteiger partial charge in [0.1, 0.15) is 23.5 Å². The second-order valence-electron chi connectivity index (χ2n) is 6.68. The quantitative estimate of drug-likeness (QED) is 0.240. The van der Waals surface area contributed by atoms with E-state index in [0.29, 0.717) is 33.9 Å². The van der Waals surface area contributed by atoms with E-state index in [9.17, 15) is 9.18 Å². The average Bonchev–Trinajstić information content (AvgIpc) is 3.05. The van der Waals surface area contributed by atoms with Crippen LogP contribution in [0.3, 0.4) is 0 Å². The molecule has 0 spiro atoms. The molecule has 0 saturated heterocycles. The van der Waals surface area contributed by atoms with Crippen molar-refractivity contribution in [3.05, 3.63) is 86.4 Å². The number of ether oxygens (including phenoxy) is 1. The molecule has 0 atom stereocenters. The smallest absolute Gasteiger partial charge is 0.336 e. The highest BCUT2D eigenvalue weighted by molar-refractivity contribution is 14.1. The molecule has 0 aliphatic carbocycles. The van der Waals surface area contributed by atoms with Gasteiger partial charge in [-0.3, -0.25) is 4.57 Å². The van der Waals surface area contributed by atoms with Crippen LogP contribution in [-0.2, 0) is 0 Å². The Hall–Kier alpha value is -3.27. The van der Waals surface area contributed by atoms with Crippen molar-refractivity contribution >= 4 is 44.6 Å². The van der Waals surface area contributed by atoms with E-state index in [4.69, 9.17) is 9.15 Å². The van der Waals surface area contributed by atoms with Gasteiger partial charge < -0.3 is 9.15 Å². The van der Waals surface area contributed by atoms with Crippen LogP contribution in [-0.4, -0.2) is 14.5 Å². The molecule has 2 aromatic carbocycles. The zero-order chi connectivity index (χ0) is 20.8. The summed E-state index contributed by atoms with van der Waals surface area (Å²) in [4.78, 5) is 20.3. The van der Waals surface area contributed by atoms with Gasteiger partial charge in [0.2, 0.25) is 5.88 Å². The Morgan fingerprint density at radius 1 is 1.13 bits per heavy atom. The minimum absolute atomic E-state index is 0.328. The monoisotopic (exact) mass is 513 g/mol. The standard InChI is InChI=1S/C22H13FIN3O3/c1-12-8-19(28)30-18-9-13(6-7-14(12)18)29-22-20-16(24)10-27(21(20)25-11-26-22)17-5-3-2-4-15(17)23/h2-11H,1H3. The molecule has 0 aliphatic heterocycles. The third-order valence-corrected chi connectivity index (χ3v) is 5.57. The fraction of sp³-hybridized carbons (Fsp3) is 0.0455. The SMILES string of the molecule is Cc1cc(=O)oc2cc(Oc3ncnc4c3c(I)cn4-c3ccccc3F)ccc12. The molecule has 0 saturated carbocycles. The maximum atomic E-state index is 14.3. The summed E-state index contributed by atoms with van der Waals surface area (Å²) < 4.78 is 28.1. The van der Waals surface area contributed by atoms with E-state index in [2.05, 4.69) is 32.6 Å². The van der Waals surface area contributed by atoms with Crippen molar-refractivity contribution in [1.29, 1.82) is 0 Å². The van der Waals surface area contributed by atoms with Crippen LogP contribution in [0.4, 0.5) is 4.39 Å². The highest BCUT2D eigenvalue weighted by atomic mass is 127. The lowest BCUT2D eigenvalue weighted by atomic mass is 10.1. The van der Waals surface area contributed by atoms with E-state index in [1.54, 1.807) is 41.1 Å². The number of nitrogens with zero attached hydrogens (tertiary/aromatic N) is 3. The topological polar surface area (TPSA) is 70.2 Å². The van der Waals surface area contributed by atoms with Gasteiger partial charge in [-0.2, -0.15) is 0 Å². The van der Waals surface area contributed by atoms with Crippen molar-refractivity contribution in [2.75, 3.05) is 0 Å². The van der Waals surface area contributed by atoms with Crippen LogP contribution in [0.25, 0.3) is 27.7 Å². The van der Waals surface area contributed by atoms with Gasteiger partial charge >= 0.3 is 5.63 Å². The number of para-hydroxylation sites is 1. The number of aryl methyl sites for hydroxylation is 1. The highest BCUT2D eigenvalue weighted by Gasteiger charge is 2.18. The van der Waals surface area contributed by atoms with Crippen LogP contribution in [0.2, 0.25) is 0 Å².